The zero-order valence-electron chi connectivity index (χ0n) is 15.0. The fraction of sp³-hybridized carbons (Fsp3) is 0.250. The molecule has 25 heavy (non-hydrogen) atoms. The largest absolute Gasteiger partial charge is 0.311 e. The van der Waals surface area contributed by atoms with Gasteiger partial charge in [-0.15, -0.1) is 0 Å². The molecular weight excluding hydrogens is 312 g/mol. The molecule has 2 heterocycles. The van der Waals surface area contributed by atoms with Crippen LogP contribution in [-0.4, -0.2) is 27.7 Å². The minimum atomic E-state index is -0.0639. The molecule has 3 rings (SSSR count). The molecule has 0 aliphatic heterocycles. The summed E-state index contributed by atoms with van der Waals surface area (Å²) in [4.78, 5) is 19.1. The van der Waals surface area contributed by atoms with E-state index in [4.69, 9.17) is 0 Å². The summed E-state index contributed by atoms with van der Waals surface area (Å²) in [7, 11) is 1.80. The molecule has 1 aromatic carbocycles. The van der Waals surface area contributed by atoms with Crippen molar-refractivity contribution in [2.75, 3.05) is 11.9 Å². The van der Waals surface area contributed by atoms with Crippen molar-refractivity contribution in [3.63, 3.8) is 0 Å². The van der Waals surface area contributed by atoms with E-state index in [2.05, 4.69) is 16.1 Å². The zero-order valence-corrected chi connectivity index (χ0v) is 15.0. The Morgan fingerprint density at radius 3 is 2.64 bits per heavy atom. The maximum atomic E-state index is 13.1. The highest BCUT2D eigenvalue weighted by atomic mass is 16.2. The van der Waals surface area contributed by atoms with E-state index in [1.165, 1.54) is 5.56 Å². The highest BCUT2D eigenvalue weighted by molar-refractivity contribution is 6.06. The van der Waals surface area contributed by atoms with Gasteiger partial charge < -0.3 is 4.90 Å². The molecule has 0 atom stereocenters. The molecule has 0 unspecified atom stereocenters. The SMILES string of the molecule is CCc1c(C(=O)N(C)c2ccc(C)cc2C)cnn1-c1ccccn1. The van der Waals surface area contributed by atoms with Gasteiger partial charge in [0.15, 0.2) is 5.82 Å². The number of aryl methyl sites for hydroxylation is 2. The smallest absolute Gasteiger partial charge is 0.261 e. The van der Waals surface area contributed by atoms with Crippen molar-refractivity contribution in [2.24, 2.45) is 0 Å². The van der Waals surface area contributed by atoms with Gasteiger partial charge in [0.2, 0.25) is 0 Å². The van der Waals surface area contributed by atoms with Crippen molar-refractivity contribution in [3.8, 4) is 5.82 Å². The van der Waals surface area contributed by atoms with Gasteiger partial charge in [-0.05, 0) is 44.0 Å². The second kappa shape index (κ2) is 6.89. The highest BCUT2D eigenvalue weighted by Gasteiger charge is 2.22. The van der Waals surface area contributed by atoms with Gasteiger partial charge in [-0.3, -0.25) is 4.79 Å². The molecular formula is C20H22N4O. The van der Waals surface area contributed by atoms with Gasteiger partial charge >= 0.3 is 0 Å². The molecule has 0 N–H and O–H groups in total. The van der Waals surface area contributed by atoms with Crippen molar-refractivity contribution >= 4 is 11.6 Å². The molecule has 0 aliphatic rings. The van der Waals surface area contributed by atoms with E-state index >= 15 is 0 Å². The van der Waals surface area contributed by atoms with Crippen molar-refractivity contribution in [2.45, 2.75) is 27.2 Å². The lowest BCUT2D eigenvalue weighted by Crippen LogP contribution is -2.27. The Kier molecular flexibility index (Phi) is 4.65. The summed E-state index contributed by atoms with van der Waals surface area (Å²) in [6, 6.07) is 11.7. The van der Waals surface area contributed by atoms with Crippen molar-refractivity contribution < 1.29 is 4.79 Å². The number of rotatable bonds is 4. The van der Waals surface area contributed by atoms with Crippen molar-refractivity contribution in [3.05, 3.63) is 71.2 Å². The van der Waals surface area contributed by atoms with Gasteiger partial charge in [-0.1, -0.05) is 30.7 Å². The van der Waals surface area contributed by atoms with Crippen LogP contribution in [0, 0.1) is 13.8 Å². The van der Waals surface area contributed by atoms with Gasteiger partial charge in [-0.25, -0.2) is 9.67 Å². The number of pyridine rings is 1. The number of carbonyl (C=O) groups excluding carboxylic acids is 1. The first-order valence-corrected chi connectivity index (χ1v) is 8.36. The number of amides is 1. The summed E-state index contributed by atoms with van der Waals surface area (Å²) in [5, 5.41) is 4.40. The summed E-state index contributed by atoms with van der Waals surface area (Å²) in [6.45, 7) is 6.08. The molecule has 0 aliphatic carbocycles. The average Bonchev–Trinajstić information content (AvgIpc) is 3.05. The first kappa shape index (κ1) is 16.9. The number of carbonyl (C=O) groups is 1. The molecule has 0 radical (unpaired) electrons. The quantitative estimate of drug-likeness (QED) is 0.730. The van der Waals surface area contributed by atoms with Crippen molar-refractivity contribution in [1.29, 1.82) is 0 Å². The number of hydrogen-bond donors (Lipinski definition) is 0. The molecule has 0 spiro atoms. The van der Waals surface area contributed by atoms with E-state index in [9.17, 15) is 4.79 Å². The molecule has 0 fully saturated rings. The summed E-state index contributed by atoms with van der Waals surface area (Å²) in [6.07, 6.45) is 4.05. The van der Waals surface area contributed by atoms with E-state index in [1.54, 1.807) is 29.0 Å². The fourth-order valence-electron chi connectivity index (χ4n) is 3.04. The van der Waals surface area contributed by atoms with Crippen LogP contribution in [0.25, 0.3) is 5.82 Å². The molecule has 0 bridgehead atoms. The normalized spacial score (nSPS) is 10.7. The Bertz CT molecular complexity index is 899. The standard InChI is InChI=1S/C20H22N4O/c1-5-17-16(13-22-24(17)19-8-6-7-11-21-19)20(25)23(4)18-10-9-14(2)12-15(18)3/h6-13H,5H2,1-4H3. The minimum absolute atomic E-state index is 0.0639. The van der Waals surface area contributed by atoms with Crippen LogP contribution in [0.4, 0.5) is 5.69 Å². The second-order valence-electron chi connectivity index (χ2n) is 6.11. The van der Waals surface area contributed by atoms with E-state index < -0.39 is 0 Å². The number of benzene rings is 1. The molecule has 2 aromatic heterocycles. The van der Waals surface area contributed by atoms with Crippen LogP contribution in [0.2, 0.25) is 0 Å². The Balaban J connectivity index is 1.99. The maximum absolute atomic E-state index is 13.1. The van der Waals surface area contributed by atoms with Crippen LogP contribution in [0.15, 0.2) is 48.8 Å². The average molecular weight is 334 g/mol. The Labute approximate surface area is 147 Å². The van der Waals surface area contributed by atoms with Crippen LogP contribution in [0.1, 0.15) is 34.1 Å². The Hall–Kier alpha value is -2.95. The first-order valence-electron chi connectivity index (χ1n) is 8.36. The van der Waals surface area contributed by atoms with Crippen LogP contribution in [0.3, 0.4) is 0 Å². The third kappa shape index (κ3) is 3.18. The second-order valence-corrected chi connectivity index (χ2v) is 6.11. The summed E-state index contributed by atoms with van der Waals surface area (Å²) in [5.41, 5.74) is 4.63. The number of nitrogens with zero attached hydrogens (tertiary/aromatic N) is 4. The topological polar surface area (TPSA) is 51.0 Å². The Morgan fingerprint density at radius 1 is 1.20 bits per heavy atom. The summed E-state index contributed by atoms with van der Waals surface area (Å²) < 4.78 is 1.74. The predicted octanol–water partition coefficient (Wildman–Crippen LogP) is 3.72. The number of hydrogen-bond acceptors (Lipinski definition) is 3. The monoisotopic (exact) mass is 334 g/mol. The van der Waals surface area contributed by atoms with Gasteiger partial charge in [0.1, 0.15) is 0 Å². The molecule has 0 saturated heterocycles. The van der Waals surface area contributed by atoms with Crippen molar-refractivity contribution in [1.82, 2.24) is 14.8 Å². The lowest BCUT2D eigenvalue weighted by Gasteiger charge is -2.20. The molecule has 1 amide bonds. The van der Waals surface area contributed by atoms with Crippen LogP contribution < -0.4 is 4.90 Å². The number of anilines is 1. The minimum Gasteiger partial charge on any atom is -0.311 e. The van der Waals surface area contributed by atoms with Gasteiger partial charge in [0, 0.05) is 18.9 Å². The maximum Gasteiger partial charge on any atom is 0.261 e. The molecule has 5 heteroatoms. The molecule has 3 aromatic rings. The van der Waals surface area contributed by atoms with Gasteiger partial charge in [-0.2, -0.15) is 5.10 Å². The molecule has 0 saturated carbocycles. The zero-order chi connectivity index (χ0) is 18.0. The van der Waals surface area contributed by atoms with Crippen LogP contribution in [-0.2, 0) is 6.42 Å². The highest BCUT2D eigenvalue weighted by Crippen LogP contribution is 2.23. The molecule has 128 valence electrons. The number of aromatic nitrogens is 3. The Morgan fingerprint density at radius 2 is 2.00 bits per heavy atom. The van der Waals surface area contributed by atoms with E-state index in [-0.39, 0.29) is 5.91 Å². The van der Waals surface area contributed by atoms with E-state index in [0.29, 0.717) is 17.8 Å². The van der Waals surface area contributed by atoms with Crippen LogP contribution >= 0.6 is 0 Å². The lowest BCUT2D eigenvalue weighted by atomic mass is 10.1. The third-order valence-electron chi connectivity index (χ3n) is 4.32. The van der Waals surface area contributed by atoms with Gasteiger partial charge in [0.05, 0.1) is 17.5 Å². The first-order chi connectivity index (χ1) is 12.0. The molecule has 5 nitrogen and oxygen atoms in total. The van der Waals surface area contributed by atoms with Gasteiger partial charge in [0.25, 0.3) is 5.91 Å². The predicted molar refractivity (Wildman–Crippen MR) is 99.4 cm³/mol. The lowest BCUT2D eigenvalue weighted by molar-refractivity contribution is 0.0992. The summed E-state index contributed by atoms with van der Waals surface area (Å²) >= 11 is 0. The van der Waals surface area contributed by atoms with E-state index in [1.807, 2.05) is 51.1 Å². The summed E-state index contributed by atoms with van der Waals surface area (Å²) in [5.74, 6) is 0.651. The third-order valence-corrected chi connectivity index (χ3v) is 4.32. The van der Waals surface area contributed by atoms with E-state index in [0.717, 1.165) is 16.9 Å². The fourth-order valence-corrected chi connectivity index (χ4v) is 3.04. The van der Waals surface area contributed by atoms with Crippen LogP contribution in [0.5, 0.6) is 0 Å².